The Kier molecular flexibility index (Phi) is 2.83. The molecule has 18 heavy (non-hydrogen) atoms. The van der Waals surface area contributed by atoms with Crippen LogP contribution in [0, 0.1) is 11.8 Å². The van der Waals surface area contributed by atoms with E-state index in [4.69, 9.17) is 5.14 Å². The van der Waals surface area contributed by atoms with Crippen molar-refractivity contribution in [1.29, 1.82) is 0 Å². The average molecular weight is 266 g/mol. The van der Waals surface area contributed by atoms with Gasteiger partial charge >= 0.3 is 0 Å². The number of hydrogen-bond acceptors (Lipinski definition) is 3. The molecule has 1 aromatic rings. The first-order valence-electron chi connectivity index (χ1n) is 6.43. The van der Waals surface area contributed by atoms with Gasteiger partial charge < -0.3 is 5.32 Å². The van der Waals surface area contributed by atoms with Gasteiger partial charge in [0, 0.05) is 11.7 Å². The Bertz CT molecular complexity index is 536. The van der Waals surface area contributed by atoms with Crippen LogP contribution in [0.4, 0.5) is 5.69 Å². The van der Waals surface area contributed by atoms with Crippen molar-refractivity contribution in [2.24, 2.45) is 17.0 Å². The molecular weight excluding hydrogens is 248 g/mol. The SMILES string of the molecule is NS(=O)(=O)c1cccc(NC(C2CC2)C2CC2)c1. The highest BCUT2D eigenvalue weighted by molar-refractivity contribution is 7.89. The minimum absolute atomic E-state index is 0.179. The zero-order valence-electron chi connectivity index (χ0n) is 10.2. The summed E-state index contributed by atoms with van der Waals surface area (Å²) in [7, 11) is -3.61. The van der Waals surface area contributed by atoms with Gasteiger partial charge in [0.05, 0.1) is 4.90 Å². The van der Waals surface area contributed by atoms with Crippen LogP contribution in [0.3, 0.4) is 0 Å². The van der Waals surface area contributed by atoms with Gasteiger partial charge in [0.15, 0.2) is 0 Å². The first-order chi connectivity index (χ1) is 8.54. The Hall–Kier alpha value is -1.07. The maximum Gasteiger partial charge on any atom is 0.238 e. The molecule has 0 bridgehead atoms. The average Bonchev–Trinajstić information content (AvgIpc) is 3.16. The fourth-order valence-corrected chi connectivity index (χ4v) is 3.05. The molecule has 1 aromatic carbocycles. The lowest BCUT2D eigenvalue weighted by atomic mass is 10.1. The molecule has 98 valence electrons. The van der Waals surface area contributed by atoms with Gasteiger partial charge in [-0.1, -0.05) is 6.07 Å². The molecule has 2 saturated carbocycles. The van der Waals surface area contributed by atoms with E-state index in [-0.39, 0.29) is 4.90 Å². The van der Waals surface area contributed by atoms with Crippen LogP contribution >= 0.6 is 0 Å². The smallest absolute Gasteiger partial charge is 0.238 e. The molecule has 0 radical (unpaired) electrons. The van der Waals surface area contributed by atoms with Crippen molar-refractivity contribution < 1.29 is 8.42 Å². The summed E-state index contributed by atoms with van der Waals surface area (Å²) in [5.41, 5.74) is 0.866. The van der Waals surface area contributed by atoms with Crippen LogP contribution in [0.5, 0.6) is 0 Å². The molecule has 0 saturated heterocycles. The van der Waals surface area contributed by atoms with Crippen molar-refractivity contribution in [3.05, 3.63) is 24.3 Å². The predicted molar refractivity (Wildman–Crippen MR) is 70.7 cm³/mol. The largest absolute Gasteiger partial charge is 0.382 e. The molecular formula is C13H18N2O2S. The van der Waals surface area contributed by atoms with Crippen LogP contribution in [0.2, 0.25) is 0 Å². The van der Waals surface area contributed by atoms with Gasteiger partial charge in [-0.2, -0.15) is 0 Å². The topological polar surface area (TPSA) is 72.2 Å². The molecule has 2 fully saturated rings. The second-order valence-electron chi connectivity index (χ2n) is 5.42. The highest BCUT2D eigenvalue weighted by atomic mass is 32.2. The Morgan fingerprint density at radius 3 is 2.28 bits per heavy atom. The summed E-state index contributed by atoms with van der Waals surface area (Å²) >= 11 is 0. The van der Waals surface area contributed by atoms with Crippen molar-refractivity contribution in [1.82, 2.24) is 0 Å². The number of hydrogen-bond donors (Lipinski definition) is 2. The van der Waals surface area contributed by atoms with E-state index in [1.807, 2.05) is 6.07 Å². The summed E-state index contributed by atoms with van der Waals surface area (Å²) in [5.74, 6) is 1.55. The normalized spacial score (nSPS) is 20.1. The number of rotatable bonds is 5. The number of anilines is 1. The van der Waals surface area contributed by atoms with Crippen molar-refractivity contribution in [2.75, 3.05) is 5.32 Å². The molecule has 5 heteroatoms. The molecule has 4 nitrogen and oxygen atoms in total. The zero-order valence-corrected chi connectivity index (χ0v) is 11.0. The number of nitrogens with two attached hydrogens (primary N) is 1. The standard InChI is InChI=1S/C13H18N2O2S/c14-18(16,17)12-3-1-2-11(8-12)15-13(9-4-5-9)10-6-7-10/h1-3,8-10,13,15H,4-7H2,(H2,14,16,17). The van der Waals surface area contributed by atoms with Gasteiger partial charge in [-0.25, -0.2) is 13.6 Å². The van der Waals surface area contributed by atoms with Gasteiger partial charge in [0.2, 0.25) is 10.0 Å². The fraction of sp³-hybridized carbons (Fsp3) is 0.538. The van der Waals surface area contributed by atoms with E-state index in [1.165, 1.54) is 31.7 Å². The molecule has 0 atom stereocenters. The number of nitrogens with one attached hydrogen (secondary N) is 1. The molecule has 2 aliphatic carbocycles. The van der Waals surface area contributed by atoms with Crippen LogP contribution in [-0.4, -0.2) is 14.5 Å². The third kappa shape index (κ3) is 2.67. The summed E-state index contributed by atoms with van der Waals surface area (Å²) in [4.78, 5) is 0.179. The minimum atomic E-state index is -3.61. The van der Waals surface area contributed by atoms with Crippen LogP contribution in [-0.2, 0) is 10.0 Å². The Morgan fingerprint density at radius 1 is 1.17 bits per heavy atom. The third-order valence-corrected chi connectivity index (χ3v) is 4.67. The molecule has 0 heterocycles. The minimum Gasteiger partial charge on any atom is -0.382 e. The molecule has 0 spiro atoms. The van der Waals surface area contributed by atoms with Crippen LogP contribution in [0.15, 0.2) is 29.2 Å². The summed E-state index contributed by atoms with van der Waals surface area (Å²) in [6, 6.07) is 7.32. The lowest BCUT2D eigenvalue weighted by Crippen LogP contribution is -2.24. The van der Waals surface area contributed by atoms with Gasteiger partial charge in [-0.15, -0.1) is 0 Å². The Labute approximate surface area is 108 Å². The zero-order chi connectivity index (χ0) is 12.8. The van der Waals surface area contributed by atoms with E-state index in [1.54, 1.807) is 12.1 Å². The number of primary sulfonamides is 1. The quantitative estimate of drug-likeness (QED) is 0.855. The molecule has 0 aliphatic heterocycles. The summed E-state index contributed by atoms with van der Waals surface area (Å²) in [5, 5.41) is 8.64. The number of sulfonamides is 1. The molecule has 2 aliphatic rings. The van der Waals surface area contributed by atoms with E-state index >= 15 is 0 Å². The van der Waals surface area contributed by atoms with Crippen molar-refractivity contribution >= 4 is 15.7 Å². The highest BCUT2D eigenvalue weighted by Crippen LogP contribution is 2.45. The molecule has 0 unspecified atom stereocenters. The second kappa shape index (κ2) is 4.24. The fourth-order valence-electron chi connectivity index (χ4n) is 2.49. The maximum absolute atomic E-state index is 11.3. The number of benzene rings is 1. The first kappa shape index (κ1) is 12.0. The lowest BCUT2D eigenvalue weighted by Gasteiger charge is -2.19. The summed E-state index contributed by atoms with van der Waals surface area (Å²) in [6.07, 6.45) is 5.18. The molecule has 0 aromatic heterocycles. The predicted octanol–water partition coefficient (Wildman–Crippen LogP) is 1.93. The third-order valence-electron chi connectivity index (χ3n) is 3.76. The molecule has 3 N–H and O–H groups in total. The van der Waals surface area contributed by atoms with E-state index in [9.17, 15) is 8.42 Å². The monoisotopic (exact) mass is 266 g/mol. The van der Waals surface area contributed by atoms with E-state index in [0.717, 1.165) is 17.5 Å². The molecule has 3 rings (SSSR count). The van der Waals surface area contributed by atoms with Crippen LogP contribution in [0.25, 0.3) is 0 Å². The van der Waals surface area contributed by atoms with Gasteiger partial charge in [0.1, 0.15) is 0 Å². The van der Waals surface area contributed by atoms with Gasteiger partial charge in [0.25, 0.3) is 0 Å². The Balaban J connectivity index is 1.79. The van der Waals surface area contributed by atoms with Crippen molar-refractivity contribution in [2.45, 2.75) is 36.6 Å². The van der Waals surface area contributed by atoms with Gasteiger partial charge in [-0.3, -0.25) is 0 Å². The second-order valence-corrected chi connectivity index (χ2v) is 6.98. The van der Waals surface area contributed by atoms with E-state index < -0.39 is 10.0 Å². The summed E-state index contributed by atoms with van der Waals surface area (Å²) in [6.45, 7) is 0. The van der Waals surface area contributed by atoms with E-state index in [0.29, 0.717) is 6.04 Å². The lowest BCUT2D eigenvalue weighted by molar-refractivity contribution is 0.567. The van der Waals surface area contributed by atoms with Crippen LogP contribution in [0.1, 0.15) is 25.7 Å². The maximum atomic E-state index is 11.3. The Morgan fingerprint density at radius 2 is 1.78 bits per heavy atom. The van der Waals surface area contributed by atoms with Gasteiger partial charge in [-0.05, 0) is 55.7 Å². The first-order valence-corrected chi connectivity index (χ1v) is 7.98. The van der Waals surface area contributed by atoms with Crippen molar-refractivity contribution in [3.8, 4) is 0 Å². The van der Waals surface area contributed by atoms with Crippen LogP contribution < -0.4 is 10.5 Å². The molecule has 0 amide bonds. The summed E-state index contributed by atoms with van der Waals surface area (Å²) < 4.78 is 22.6. The van der Waals surface area contributed by atoms with E-state index in [2.05, 4.69) is 5.32 Å². The highest BCUT2D eigenvalue weighted by Gasteiger charge is 2.41. The van der Waals surface area contributed by atoms with Crippen molar-refractivity contribution in [3.63, 3.8) is 0 Å².